The van der Waals surface area contributed by atoms with Crippen LogP contribution in [-0.2, 0) is 11.3 Å². The van der Waals surface area contributed by atoms with Gasteiger partial charge in [0.2, 0.25) is 5.91 Å². The molecule has 1 heterocycles. The number of carbonyl (C=O) groups excluding carboxylic acids is 1. The molecule has 0 unspecified atom stereocenters. The van der Waals surface area contributed by atoms with Gasteiger partial charge in [0.15, 0.2) is 0 Å². The molecular formula is C21H21N3O. The molecule has 0 saturated heterocycles. The lowest BCUT2D eigenvalue weighted by molar-refractivity contribution is -0.116. The SMILES string of the molecule is O=C(C=Cc1ccccc1)NCCCn1ccnc1-c1ccccc1. The molecule has 1 aromatic heterocycles. The quantitative estimate of drug-likeness (QED) is 0.529. The summed E-state index contributed by atoms with van der Waals surface area (Å²) in [7, 11) is 0. The molecule has 1 N–H and O–H groups in total. The fourth-order valence-electron chi connectivity index (χ4n) is 2.59. The zero-order chi connectivity index (χ0) is 17.3. The number of hydrogen-bond acceptors (Lipinski definition) is 2. The van der Waals surface area contributed by atoms with Crippen LogP contribution in [0.25, 0.3) is 17.5 Å². The van der Waals surface area contributed by atoms with E-state index >= 15 is 0 Å². The topological polar surface area (TPSA) is 46.9 Å². The van der Waals surface area contributed by atoms with Crippen molar-refractivity contribution < 1.29 is 4.79 Å². The maximum atomic E-state index is 11.8. The van der Waals surface area contributed by atoms with Crippen molar-refractivity contribution in [3.05, 3.63) is 84.7 Å². The van der Waals surface area contributed by atoms with Crippen molar-refractivity contribution >= 4 is 12.0 Å². The number of benzene rings is 2. The number of carbonyl (C=O) groups is 1. The highest BCUT2D eigenvalue weighted by Gasteiger charge is 2.04. The summed E-state index contributed by atoms with van der Waals surface area (Å²) in [6.45, 7) is 1.44. The number of aromatic nitrogens is 2. The van der Waals surface area contributed by atoms with E-state index in [9.17, 15) is 4.79 Å². The van der Waals surface area contributed by atoms with Crippen molar-refractivity contribution in [2.75, 3.05) is 6.54 Å². The summed E-state index contributed by atoms with van der Waals surface area (Å²) >= 11 is 0. The van der Waals surface area contributed by atoms with Crippen LogP contribution in [0, 0.1) is 0 Å². The fourth-order valence-corrected chi connectivity index (χ4v) is 2.59. The zero-order valence-corrected chi connectivity index (χ0v) is 14.0. The van der Waals surface area contributed by atoms with E-state index in [0.29, 0.717) is 6.54 Å². The van der Waals surface area contributed by atoms with E-state index in [0.717, 1.165) is 29.9 Å². The van der Waals surface area contributed by atoms with E-state index in [1.54, 1.807) is 6.08 Å². The third kappa shape index (κ3) is 4.91. The van der Waals surface area contributed by atoms with E-state index < -0.39 is 0 Å². The smallest absolute Gasteiger partial charge is 0.244 e. The van der Waals surface area contributed by atoms with Gasteiger partial charge in [0.1, 0.15) is 5.82 Å². The largest absolute Gasteiger partial charge is 0.352 e. The lowest BCUT2D eigenvalue weighted by atomic mass is 10.2. The number of amides is 1. The second-order valence-corrected chi connectivity index (χ2v) is 5.70. The Morgan fingerprint density at radius 1 is 1.04 bits per heavy atom. The third-order valence-electron chi connectivity index (χ3n) is 3.85. The van der Waals surface area contributed by atoms with Gasteiger partial charge in [-0.2, -0.15) is 0 Å². The molecule has 0 spiro atoms. The van der Waals surface area contributed by atoms with Gasteiger partial charge in [-0.1, -0.05) is 60.7 Å². The molecule has 3 aromatic rings. The summed E-state index contributed by atoms with van der Waals surface area (Å²) in [5.74, 6) is 0.883. The van der Waals surface area contributed by atoms with Crippen molar-refractivity contribution in [3.63, 3.8) is 0 Å². The van der Waals surface area contributed by atoms with E-state index in [1.165, 1.54) is 0 Å². The number of aryl methyl sites for hydroxylation is 1. The van der Waals surface area contributed by atoms with Crippen LogP contribution in [0.4, 0.5) is 0 Å². The van der Waals surface area contributed by atoms with Crippen molar-refractivity contribution in [2.24, 2.45) is 0 Å². The van der Waals surface area contributed by atoms with Crippen molar-refractivity contribution in [3.8, 4) is 11.4 Å². The minimum atomic E-state index is -0.0715. The van der Waals surface area contributed by atoms with Gasteiger partial charge in [-0.25, -0.2) is 4.98 Å². The molecule has 3 rings (SSSR count). The first kappa shape index (κ1) is 16.7. The van der Waals surface area contributed by atoms with Crippen LogP contribution in [-0.4, -0.2) is 22.0 Å². The van der Waals surface area contributed by atoms with Crippen LogP contribution in [0.2, 0.25) is 0 Å². The van der Waals surface area contributed by atoms with Crippen molar-refractivity contribution in [1.82, 2.24) is 14.9 Å². The van der Waals surface area contributed by atoms with Gasteiger partial charge in [-0.3, -0.25) is 4.79 Å². The Hall–Kier alpha value is -3.14. The molecule has 2 aromatic carbocycles. The third-order valence-corrected chi connectivity index (χ3v) is 3.85. The summed E-state index contributed by atoms with van der Waals surface area (Å²) in [6.07, 6.45) is 8.02. The molecule has 0 saturated carbocycles. The Bertz CT molecular complexity index is 823. The summed E-state index contributed by atoms with van der Waals surface area (Å²) in [6, 6.07) is 19.9. The number of imidazole rings is 1. The molecule has 1 amide bonds. The highest BCUT2D eigenvalue weighted by molar-refractivity contribution is 5.91. The van der Waals surface area contributed by atoms with E-state index in [1.807, 2.05) is 67.0 Å². The van der Waals surface area contributed by atoms with Gasteiger partial charge in [0.05, 0.1) is 0 Å². The Balaban J connectivity index is 1.46. The average Bonchev–Trinajstić information content (AvgIpc) is 3.14. The fraction of sp³-hybridized carbons (Fsp3) is 0.143. The predicted octanol–water partition coefficient (Wildman–Crippen LogP) is 3.77. The van der Waals surface area contributed by atoms with Crippen LogP contribution in [0.15, 0.2) is 79.1 Å². The summed E-state index contributed by atoms with van der Waals surface area (Å²) in [4.78, 5) is 16.3. The molecule has 0 fully saturated rings. The van der Waals surface area contributed by atoms with Gasteiger partial charge in [-0.05, 0) is 18.1 Å². The van der Waals surface area contributed by atoms with Crippen LogP contribution in [0.5, 0.6) is 0 Å². The van der Waals surface area contributed by atoms with Crippen LogP contribution in [0.3, 0.4) is 0 Å². The van der Waals surface area contributed by atoms with Gasteiger partial charge >= 0.3 is 0 Å². The summed E-state index contributed by atoms with van der Waals surface area (Å²) in [5, 5.41) is 2.92. The van der Waals surface area contributed by atoms with Crippen LogP contribution < -0.4 is 5.32 Å². The zero-order valence-electron chi connectivity index (χ0n) is 14.0. The molecule has 0 aliphatic rings. The second-order valence-electron chi connectivity index (χ2n) is 5.70. The minimum absolute atomic E-state index is 0.0715. The second kappa shape index (κ2) is 8.64. The highest BCUT2D eigenvalue weighted by Crippen LogP contribution is 2.16. The molecular weight excluding hydrogens is 310 g/mol. The molecule has 4 nitrogen and oxygen atoms in total. The number of rotatable bonds is 7. The molecule has 25 heavy (non-hydrogen) atoms. The Morgan fingerprint density at radius 3 is 2.52 bits per heavy atom. The molecule has 0 bridgehead atoms. The van der Waals surface area contributed by atoms with Crippen molar-refractivity contribution in [1.29, 1.82) is 0 Å². The molecule has 0 aliphatic heterocycles. The normalized spacial score (nSPS) is 10.9. The Kier molecular flexibility index (Phi) is 5.77. The standard InChI is InChI=1S/C21H21N3O/c25-20(13-12-18-8-3-1-4-9-18)22-14-7-16-24-17-15-23-21(24)19-10-5-2-6-11-19/h1-6,8-13,15,17H,7,14,16H2,(H,22,25). The van der Waals surface area contributed by atoms with Crippen molar-refractivity contribution in [2.45, 2.75) is 13.0 Å². The summed E-state index contributed by atoms with van der Waals surface area (Å²) < 4.78 is 2.11. The molecule has 126 valence electrons. The maximum Gasteiger partial charge on any atom is 0.244 e. The number of nitrogens with one attached hydrogen (secondary N) is 1. The monoisotopic (exact) mass is 331 g/mol. The number of nitrogens with zero attached hydrogens (tertiary/aromatic N) is 2. The maximum absolute atomic E-state index is 11.8. The van der Waals surface area contributed by atoms with Crippen LogP contribution in [0.1, 0.15) is 12.0 Å². The van der Waals surface area contributed by atoms with Gasteiger partial charge < -0.3 is 9.88 Å². The van der Waals surface area contributed by atoms with Gasteiger partial charge in [0, 0.05) is 37.1 Å². The average molecular weight is 331 g/mol. The highest BCUT2D eigenvalue weighted by atomic mass is 16.1. The first-order valence-electron chi connectivity index (χ1n) is 8.40. The molecule has 4 heteroatoms. The van der Waals surface area contributed by atoms with E-state index in [2.05, 4.69) is 27.0 Å². The molecule has 0 radical (unpaired) electrons. The Labute approximate surface area is 147 Å². The first-order valence-corrected chi connectivity index (χ1v) is 8.40. The molecule has 0 aliphatic carbocycles. The summed E-state index contributed by atoms with van der Waals surface area (Å²) in [5.41, 5.74) is 2.12. The first-order chi connectivity index (χ1) is 12.3. The lowest BCUT2D eigenvalue weighted by Gasteiger charge is -2.08. The van der Waals surface area contributed by atoms with Gasteiger partial charge in [-0.15, -0.1) is 0 Å². The predicted molar refractivity (Wildman–Crippen MR) is 101 cm³/mol. The van der Waals surface area contributed by atoms with E-state index in [-0.39, 0.29) is 5.91 Å². The van der Waals surface area contributed by atoms with Crippen LogP contribution >= 0.6 is 0 Å². The molecule has 0 atom stereocenters. The minimum Gasteiger partial charge on any atom is -0.352 e. The lowest BCUT2D eigenvalue weighted by Crippen LogP contribution is -2.23. The number of hydrogen-bond donors (Lipinski definition) is 1. The Morgan fingerprint density at radius 2 is 1.76 bits per heavy atom. The van der Waals surface area contributed by atoms with Gasteiger partial charge in [0.25, 0.3) is 0 Å². The van der Waals surface area contributed by atoms with E-state index in [4.69, 9.17) is 0 Å².